The van der Waals surface area contributed by atoms with Gasteiger partial charge in [-0.2, -0.15) is 0 Å². The van der Waals surface area contributed by atoms with Crippen LogP contribution in [0.15, 0.2) is 279 Å². The molecule has 0 aliphatic carbocycles. The number of phenols is 4. The van der Waals surface area contributed by atoms with E-state index in [9.17, 15) is 20.4 Å². The summed E-state index contributed by atoms with van der Waals surface area (Å²) < 4.78 is 0. The van der Waals surface area contributed by atoms with Crippen LogP contribution in [0.25, 0.3) is 44.5 Å². The van der Waals surface area contributed by atoms with Gasteiger partial charge in [-0.25, -0.2) is 0 Å². The quantitative estimate of drug-likeness (QED) is 0.0967. The van der Waals surface area contributed by atoms with Gasteiger partial charge in [0.15, 0.2) is 0 Å². The lowest BCUT2D eigenvalue weighted by atomic mass is 9.68. The van der Waals surface area contributed by atoms with Crippen molar-refractivity contribution >= 4 is 34.6 Å². The van der Waals surface area contributed by atoms with Crippen LogP contribution >= 0.6 is 0 Å². The number of hydrogen-bond donors (Lipinski definition) is 4. The molecule has 0 fully saturated rings. The first-order valence-corrected chi connectivity index (χ1v) is 30.5. The average molecular weight is 1180 g/mol. The van der Waals surface area contributed by atoms with Crippen molar-refractivity contribution in [3.05, 3.63) is 335 Å². The number of carbonyl (C=O) groups excluding carboxylic acids is 2. The molecule has 0 bridgehead atoms. The Bertz CT molecular complexity index is 4480. The van der Waals surface area contributed by atoms with Crippen molar-refractivity contribution in [3.63, 3.8) is 0 Å². The zero-order valence-electron chi connectivity index (χ0n) is 50.5. The van der Waals surface area contributed by atoms with E-state index in [0.717, 1.165) is 89.5 Å². The number of hydrogen-bond acceptors (Lipinski definition) is 6. The fourth-order valence-electron chi connectivity index (χ4n) is 13.6. The molecule has 14 rings (SSSR count). The van der Waals surface area contributed by atoms with Crippen LogP contribution in [0.3, 0.4) is 0 Å². The zero-order chi connectivity index (χ0) is 62.3. The number of rotatable bonds is 12. The van der Waals surface area contributed by atoms with E-state index < -0.39 is 10.8 Å². The molecule has 0 unspecified atom stereocenters. The monoisotopic (exact) mass is 1170 g/mol. The first kappa shape index (κ1) is 57.8. The molecule has 0 aromatic heterocycles. The summed E-state index contributed by atoms with van der Waals surface area (Å²) >= 11 is 0. The number of benzene rings is 12. The topological polar surface area (TPSA) is 122 Å². The molecule has 0 saturated carbocycles. The van der Waals surface area contributed by atoms with Crippen LogP contribution in [0.5, 0.6) is 23.0 Å². The molecule has 12 aromatic rings. The summed E-state index contributed by atoms with van der Waals surface area (Å²) in [5.41, 5.74) is 14.3. The molecule has 0 atom stereocenters. The molecular weight excluding hydrogens is 1110 g/mol. The van der Waals surface area contributed by atoms with Crippen molar-refractivity contribution in [1.82, 2.24) is 0 Å². The highest BCUT2D eigenvalue weighted by Gasteiger charge is 2.56. The van der Waals surface area contributed by atoms with E-state index in [4.69, 9.17) is 0 Å². The van der Waals surface area contributed by atoms with Gasteiger partial charge in [-0.15, -0.1) is 0 Å². The fourth-order valence-corrected chi connectivity index (χ4v) is 13.6. The molecule has 90 heavy (non-hydrogen) atoms. The maximum absolute atomic E-state index is 15.6. The van der Waals surface area contributed by atoms with Gasteiger partial charge in [-0.05, 0) is 154 Å². The minimum absolute atomic E-state index is 0.113. The van der Waals surface area contributed by atoms with E-state index >= 15 is 9.59 Å². The zero-order valence-corrected chi connectivity index (χ0v) is 50.5. The second-order valence-corrected chi connectivity index (χ2v) is 23.1. The Morgan fingerprint density at radius 3 is 0.867 bits per heavy atom. The molecule has 0 saturated heterocycles. The largest absolute Gasteiger partial charge is 0.507 e. The summed E-state index contributed by atoms with van der Waals surface area (Å²) in [6, 6.07) is 90.2. The van der Waals surface area contributed by atoms with E-state index in [1.54, 1.807) is 4.90 Å². The molecule has 2 aliphatic heterocycles. The standard InChI is InChI=1S/C42H35NO3.C40H31NO3/c1-3-28-24-32(26-35(39(28)44)30-16-8-5-9-17-30)42(33-25-29(4-2)40(45)36(27-33)31-18-10-6-11-19-31)37-22-14-15-23-38(37)43(41(42)46)34-20-12-7-13-21-34;1-26-22-30(24-33(37(26)42)28-14-6-3-7-15-28)40(31-23-27(2)38(43)34(25-31)29-16-8-4-9-17-29)35-20-12-13-21-36(35)41(39(40)44)32-18-10-5-11-19-32/h5-27,44-45H,3-4H2,1-2H3;3-25,42-43H,1-2H3. The first-order chi connectivity index (χ1) is 43.9. The molecule has 0 radical (unpaired) electrons. The third-order valence-corrected chi connectivity index (χ3v) is 18.0. The summed E-state index contributed by atoms with van der Waals surface area (Å²) in [5, 5.41) is 45.7. The lowest BCUT2D eigenvalue weighted by Gasteiger charge is -2.32. The number of phenolic OH excluding ortho intramolecular Hbond substituents is 4. The second-order valence-electron chi connectivity index (χ2n) is 23.1. The van der Waals surface area contributed by atoms with Crippen molar-refractivity contribution in [2.45, 2.75) is 51.4 Å². The van der Waals surface area contributed by atoms with Gasteiger partial charge >= 0.3 is 0 Å². The van der Waals surface area contributed by atoms with E-state index in [-0.39, 0.29) is 34.8 Å². The molecule has 8 nitrogen and oxygen atoms in total. The molecule has 440 valence electrons. The van der Waals surface area contributed by atoms with Crippen LogP contribution in [0.1, 0.15) is 69.5 Å². The van der Waals surface area contributed by atoms with Gasteiger partial charge in [0.2, 0.25) is 0 Å². The van der Waals surface area contributed by atoms with Crippen LogP contribution in [0.4, 0.5) is 22.7 Å². The van der Waals surface area contributed by atoms with Gasteiger partial charge in [-0.3, -0.25) is 19.4 Å². The Morgan fingerprint density at radius 2 is 0.567 bits per heavy atom. The van der Waals surface area contributed by atoms with E-state index in [1.807, 2.05) is 312 Å². The smallest absolute Gasteiger partial charge is 0.251 e. The molecular formula is C82H66N2O6. The summed E-state index contributed by atoms with van der Waals surface area (Å²) in [6.07, 6.45) is 1.16. The van der Waals surface area contributed by atoms with Crippen LogP contribution in [0, 0.1) is 13.8 Å². The number of aryl methyl sites for hydroxylation is 4. The van der Waals surface area contributed by atoms with Crippen molar-refractivity contribution < 1.29 is 30.0 Å². The molecule has 2 amide bonds. The van der Waals surface area contributed by atoms with E-state index in [2.05, 4.69) is 0 Å². The van der Waals surface area contributed by atoms with Crippen molar-refractivity contribution in [3.8, 4) is 67.5 Å². The minimum atomic E-state index is -1.28. The number of anilines is 4. The predicted octanol–water partition coefficient (Wildman–Crippen LogP) is 18.6. The number of fused-ring (bicyclic) bond motifs is 2. The second kappa shape index (κ2) is 23.8. The third kappa shape index (κ3) is 9.56. The SMILES string of the molecule is CCc1cc(C2(c3cc(CC)c(O)c(-c4ccccc4)c3)C(=O)N(c3ccccc3)c3ccccc32)cc(-c2ccccc2)c1O.Cc1cc(C2(c3cc(C)c(O)c(-c4ccccc4)c3)C(=O)N(c3ccccc3)c3ccccc32)cc(-c2ccccc2)c1O. The summed E-state index contributed by atoms with van der Waals surface area (Å²) in [4.78, 5) is 34.5. The molecule has 8 heteroatoms. The van der Waals surface area contributed by atoms with Crippen LogP contribution in [-0.4, -0.2) is 32.2 Å². The number of nitrogens with zero attached hydrogens (tertiary/aromatic N) is 2. The number of para-hydroxylation sites is 4. The molecule has 4 N–H and O–H groups in total. The Kier molecular flexibility index (Phi) is 15.3. The Balaban J connectivity index is 0.000000165. The van der Waals surface area contributed by atoms with Crippen LogP contribution in [-0.2, 0) is 33.3 Å². The van der Waals surface area contributed by atoms with Crippen LogP contribution in [0.2, 0.25) is 0 Å². The van der Waals surface area contributed by atoms with Crippen molar-refractivity contribution in [2.24, 2.45) is 0 Å². The maximum atomic E-state index is 15.6. The molecule has 2 heterocycles. The average Bonchev–Trinajstić information content (AvgIpc) is 1.53. The van der Waals surface area contributed by atoms with Crippen LogP contribution < -0.4 is 9.80 Å². The molecule has 0 spiro atoms. The molecule has 12 aromatic carbocycles. The third-order valence-electron chi connectivity index (χ3n) is 18.0. The maximum Gasteiger partial charge on any atom is 0.251 e. The van der Waals surface area contributed by atoms with E-state index in [0.29, 0.717) is 46.2 Å². The highest BCUT2D eigenvalue weighted by atomic mass is 16.3. The predicted molar refractivity (Wildman–Crippen MR) is 362 cm³/mol. The highest BCUT2D eigenvalue weighted by molar-refractivity contribution is 6.18. The lowest BCUT2D eigenvalue weighted by Crippen LogP contribution is -2.40. The van der Waals surface area contributed by atoms with Crippen molar-refractivity contribution in [1.29, 1.82) is 0 Å². The number of carbonyl (C=O) groups is 2. The van der Waals surface area contributed by atoms with Gasteiger partial charge in [0.1, 0.15) is 33.8 Å². The Morgan fingerprint density at radius 1 is 0.311 bits per heavy atom. The van der Waals surface area contributed by atoms with Gasteiger partial charge in [0, 0.05) is 44.8 Å². The normalized spacial score (nSPS) is 13.6. The van der Waals surface area contributed by atoms with Gasteiger partial charge < -0.3 is 20.4 Å². The van der Waals surface area contributed by atoms with E-state index in [1.165, 1.54) is 0 Å². The first-order valence-electron chi connectivity index (χ1n) is 30.5. The van der Waals surface area contributed by atoms with Gasteiger partial charge in [-0.1, -0.05) is 232 Å². The summed E-state index contributed by atoms with van der Waals surface area (Å²) in [7, 11) is 0. The minimum Gasteiger partial charge on any atom is -0.507 e. The Labute approximate surface area is 525 Å². The number of amides is 2. The Hall–Kier alpha value is -11.2. The lowest BCUT2D eigenvalue weighted by molar-refractivity contribution is -0.120. The van der Waals surface area contributed by atoms with Crippen molar-refractivity contribution in [2.75, 3.05) is 9.80 Å². The van der Waals surface area contributed by atoms with Gasteiger partial charge in [0.25, 0.3) is 11.8 Å². The molecule has 2 aliphatic rings. The summed E-state index contributed by atoms with van der Waals surface area (Å²) in [5.74, 6) is 0.560. The highest BCUT2D eigenvalue weighted by Crippen LogP contribution is 2.58. The number of aromatic hydroxyl groups is 4. The summed E-state index contributed by atoms with van der Waals surface area (Å²) in [6.45, 7) is 7.78. The fraction of sp³-hybridized carbons (Fsp3) is 0.0976. The van der Waals surface area contributed by atoms with Gasteiger partial charge in [0.05, 0.1) is 11.4 Å².